The maximum Gasteiger partial charge on any atom is 0.306 e. The Hall–Kier alpha value is -0.530. The first kappa shape index (κ1) is 8.57. The predicted molar refractivity (Wildman–Crippen MR) is 43.2 cm³/mol. The quantitative estimate of drug-likeness (QED) is 0.585. The molecule has 1 rings (SSSR count). The molecular formula is C9H16O2. The van der Waals surface area contributed by atoms with Gasteiger partial charge in [-0.05, 0) is 6.42 Å². The monoisotopic (exact) mass is 156 g/mol. The van der Waals surface area contributed by atoms with Crippen molar-refractivity contribution in [3.63, 3.8) is 0 Å². The minimum Gasteiger partial charge on any atom is -0.465 e. The second-order valence-corrected chi connectivity index (χ2v) is 3.75. The highest BCUT2D eigenvalue weighted by atomic mass is 16.5. The molecule has 0 bridgehead atoms. The van der Waals surface area contributed by atoms with E-state index in [0.29, 0.717) is 13.0 Å². The molecule has 1 saturated heterocycles. The normalized spacial score (nSPS) is 30.5. The molecule has 1 aliphatic rings. The van der Waals surface area contributed by atoms with Crippen molar-refractivity contribution in [1.29, 1.82) is 0 Å². The van der Waals surface area contributed by atoms with Crippen molar-refractivity contribution < 1.29 is 9.53 Å². The summed E-state index contributed by atoms with van der Waals surface area (Å²) in [6.07, 6.45) is 4.14. The average Bonchev–Trinajstić information content (AvgIpc) is 2.28. The maximum absolute atomic E-state index is 10.8. The summed E-state index contributed by atoms with van der Waals surface area (Å²) < 4.78 is 4.93. The van der Waals surface area contributed by atoms with E-state index in [-0.39, 0.29) is 11.4 Å². The molecule has 64 valence electrons. The first-order chi connectivity index (χ1) is 5.16. The molecule has 1 unspecified atom stereocenters. The van der Waals surface area contributed by atoms with Crippen LogP contribution in [0.3, 0.4) is 0 Å². The fourth-order valence-corrected chi connectivity index (χ4v) is 1.47. The molecule has 11 heavy (non-hydrogen) atoms. The summed E-state index contributed by atoms with van der Waals surface area (Å²) >= 11 is 0. The lowest BCUT2D eigenvalue weighted by Crippen LogP contribution is -2.15. The Morgan fingerprint density at radius 3 is 2.82 bits per heavy atom. The third-order valence-electron chi connectivity index (χ3n) is 2.29. The van der Waals surface area contributed by atoms with E-state index in [9.17, 15) is 4.79 Å². The van der Waals surface area contributed by atoms with E-state index in [4.69, 9.17) is 4.74 Å². The van der Waals surface area contributed by atoms with E-state index in [0.717, 1.165) is 6.42 Å². The lowest BCUT2D eigenvalue weighted by Gasteiger charge is -2.18. The molecule has 0 N–H and O–H groups in total. The van der Waals surface area contributed by atoms with Crippen molar-refractivity contribution in [2.24, 2.45) is 5.41 Å². The van der Waals surface area contributed by atoms with Crippen molar-refractivity contribution in [2.45, 2.75) is 39.5 Å². The smallest absolute Gasteiger partial charge is 0.306 e. The summed E-state index contributed by atoms with van der Waals surface area (Å²) in [5.74, 6) is -0.0244. The highest BCUT2D eigenvalue weighted by Gasteiger charge is 2.34. The van der Waals surface area contributed by atoms with E-state index in [1.54, 1.807) is 0 Å². The van der Waals surface area contributed by atoms with Gasteiger partial charge < -0.3 is 4.74 Å². The van der Waals surface area contributed by atoms with Gasteiger partial charge in [0.05, 0.1) is 13.0 Å². The SMILES string of the molecule is CCCCC1(C)COC(=O)C1. The van der Waals surface area contributed by atoms with Gasteiger partial charge in [0.15, 0.2) is 0 Å². The summed E-state index contributed by atoms with van der Waals surface area (Å²) in [6, 6.07) is 0. The summed E-state index contributed by atoms with van der Waals surface area (Å²) in [5, 5.41) is 0. The van der Waals surface area contributed by atoms with Gasteiger partial charge in [0.25, 0.3) is 0 Å². The number of hydrogen-bond donors (Lipinski definition) is 0. The Labute approximate surface area is 67.9 Å². The van der Waals surface area contributed by atoms with Gasteiger partial charge >= 0.3 is 5.97 Å². The van der Waals surface area contributed by atoms with Crippen LogP contribution in [0, 0.1) is 5.41 Å². The molecule has 2 nitrogen and oxygen atoms in total. The molecule has 1 heterocycles. The van der Waals surface area contributed by atoms with E-state index in [1.165, 1.54) is 12.8 Å². The van der Waals surface area contributed by atoms with Crippen molar-refractivity contribution >= 4 is 5.97 Å². The summed E-state index contributed by atoms with van der Waals surface area (Å²) in [4.78, 5) is 10.8. The molecule has 0 saturated carbocycles. The molecule has 0 amide bonds. The van der Waals surface area contributed by atoms with Crippen LogP contribution in [-0.4, -0.2) is 12.6 Å². The van der Waals surface area contributed by atoms with Crippen molar-refractivity contribution in [2.75, 3.05) is 6.61 Å². The molecule has 0 aromatic heterocycles. The first-order valence-electron chi connectivity index (χ1n) is 4.32. The van der Waals surface area contributed by atoms with E-state index in [1.807, 2.05) is 0 Å². The fourth-order valence-electron chi connectivity index (χ4n) is 1.47. The standard InChI is InChI=1S/C9H16O2/c1-3-4-5-9(2)6-8(10)11-7-9/h3-7H2,1-2H3. The highest BCUT2D eigenvalue weighted by Crippen LogP contribution is 2.33. The van der Waals surface area contributed by atoms with E-state index >= 15 is 0 Å². The topological polar surface area (TPSA) is 26.3 Å². The van der Waals surface area contributed by atoms with Crippen LogP contribution in [-0.2, 0) is 9.53 Å². The van der Waals surface area contributed by atoms with Crippen molar-refractivity contribution in [3.05, 3.63) is 0 Å². The number of rotatable bonds is 3. The molecule has 1 atom stereocenters. The maximum atomic E-state index is 10.8. The molecular weight excluding hydrogens is 140 g/mol. The summed E-state index contributed by atoms with van der Waals surface area (Å²) in [6.45, 7) is 4.93. The largest absolute Gasteiger partial charge is 0.465 e. The molecule has 1 aliphatic heterocycles. The Bertz CT molecular complexity index is 154. The van der Waals surface area contributed by atoms with Crippen LogP contribution >= 0.6 is 0 Å². The third-order valence-corrected chi connectivity index (χ3v) is 2.29. The zero-order valence-electron chi connectivity index (χ0n) is 7.35. The van der Waals surface area contributed by atoms with Crippen LogP contribution in [0.1, 0.15) is 39.5 Å². The molecule has 0 radical (unpaired) electrons. The number of carbonyl (C=O) groups excluding carboxylic acids is 1. The first-order valence-corrected chi connectivity index (χ1v) is 4.32. The number of unbranched alkanes of at least 4 members (excludes halogenated alkanes) is 1. The predicted octanol–water partition coefficient (Wildman–Crippen LogP) is 2.13. The minimum atomic E-state index is -0.0244. The van der Waals surface area contributed by atoms with Gasteiger partial charge in [0.2, 0.25) is 0 Å². The third kappa shape index (κ3) is 2.21. The number of hydrogen-bond acceptors (Lipinski definition) is 2. The van der Waals surface area contributed by atoms with Crippen LogP contribution in [0.4, 0.5) is 0 Å². The lowest BCUT2D eigenvalue weighted by atomic mass is 9.84. The van der Waals surface area contributed by atoms with Gasteiger partial charge in [0.1, 0.15) is 0 Å². The van der Waals surface area contributed by atoms with Crippen LogP contribution < -0.4 is 0 Å². The number of carbonyl (C=O) groups is 1. The lowest BCUT2D eigenvalue weighted by molar-refractivity contribution is -0.137. The molecule has 0 spiro atoms. The summed E-state index contributed by atoms with van der Waals surface area (Å²) in [7, 11) is 0. The van der Waals surface area contributed by atoms with Gasteiger partial charge in [-0.2, -0.15) is 0 Å². The van der Waals surface area contributed by atoms with Crippen LogP contribution in [0.2, 0.25) is 0 Å². The fraction of sp³-hybridized carbons (Fsp3) is 0.889. The number of ether oxygens (including phenoxy) is 1. The second kappa shape index (κ2) is 3.24. The zero-order chi connectivity index (χ0) is 8.32. The Morgan fingerprint density at radius 1 is 1.64 bits per heavy atom. The molecule has 0 aromatic rings. The number of esters is 1. The Balaban J connectivity index is 2.35. The molecule has 0 aromatic carbocycles. The average molecular weight is 156 g/mol. The van der Waals surface area contributed by atoms with Crippen LogP contribution in [0.5, 0.6) is 0 Å². The van der Waals surface area contributed by atoms with Gasteiger partial charge in [-0.1, -0.05) is 26.7 Å². The Morgan fingerprint density at radius 2 is 2.36 bits per heavy atom. The summed E-state index contributed by atoms with van der Waals surface area (Å²) in [5.41, 5.74) is 0.146. The van der Waals surface area contributed by atoms with Gasteiger partial charge in [-0.15, -0.1) is 0 Å². The highest BCUT2D eigenvalue weighted by molar-refractivity contribution is 5.72. The minimum absolute atomic E-state index is 0.0244. The van der Waals surface area contributed by atoms with Crippen LogP contribution in [0.15, 0.2) is 0 Å². The van der Waals surface area contributed by atoms with E-state index in [2.05, 4.69) is 13.8 Å². The van der Waals surface area contributed by atoms with Gasteiger partial charge in [-0.25, -0.2) is 0 Å². The van der Waals surface area contributed by atoms with Crippen molar-refractivity contribution in [1.82, 2.24) is 0 Å². The second-order valence-electron chi connectivity index (χ2n) is 3.75. The van der Waals surface area contributed by atoms with Gasteiger partial charge in [-0.3, -0.25) is 4.79 Å². The van der Waals surface area contributed by atoms with Gasteiger partial charge in [0, 0.05) is 5.41 Å². The van der Waals surface area contributed by atoms with Crippen LogP contribution in [0.25, 0.3) is 0 Å². The Kier molecular flexibility index (Phi) is 2.53. The zero-order valence-corrected chi connectivity index (χ0v) is 7.35. The molecule has 1 fully saturated rings. The molecule has 2 heteroatoms. The van der Waals surface area contributed by atoms with Crippen molar-refractivity contribution in [3.8, 4) is 0 Å². The van der Waals surface area contributed by atoms with E-state index < -0.39 is 0 Å². The number of cyclic esters (lactones) is 1. The molecule has 0 aliphatic carbocycles.